The number of nitrogens with one attached hydrogen (secondary N) is 3. The first-order valence-electron chi connectivity index (χ1n) is 7.64. The van der Waals surface area contributed by atoms with Crippen LogP contribution in [-0.2, 0) is 6.42 Å². The Bertz CT molecular complexity index is 898. The molecule has 4 rings (SSSR count). The van der Waals surface area contributed by atoms with Crippen LogP contribution in [-0.4, -0.2) is 34.6 Å². The Balaban J connectivity index is 1.50. The van der Waals surface area contributed by atoms with E-state index in [1.165, 1.54) is 12.1 Å². The molecule has 0 spiro atoms. The van der Waals surface area contributed by atoms with Gasteiger partial charge in [0.15, 0.2) is 11.6 Å². The van der Waals surface area contributed by atoms with E-state index < -0.39 is 0 Å². The van der Waals surface area contributed by atoms with Crippen molar-refractivity contribution in [1.82, 2.24) is 15.0 Å². The van der Waals surface area contributed by atoms with E-state index in [0.29, 0.717) is 37.1 Å². The van der Waals surface area contributed by atoms with Crippen molar-refractivity contribution in [3.63, 3.8) is 0 Å². The van der Waals surface area contributed by atoms with E-state index in [2.05, 4.69) is 25.6 Å². The average molecular weight is 348 g/mol. The second kappa shape index (κ2) is 6.16. The molecular weight excluding hydrogens is 333 g/mol. The lowest BCUT2D eigenvalue weighted by atomic mass is 10.1. The summed E-state index contributed by atoms with van der Waals surface area (Å²) in [4.78, 5) is 11.4. The minimum absolute atomic E-state index is 0.164. The van der Waals surface area contributed by atoms with Crippen molar-refractivity contribution in [3.05, 3.63) is 41.1 Å². The van der Waals surface area contributed by atoms with Gasteiger partial charge in [0.2, 0.25) is 11.0 Å². The number of ether oxygens (including phenoxy) is 1. The number of rotatable bonds is 4. The smallest absolute Gasteiger partial charge is 0.226 e. The molecule has 3 aromatic rings. The van der Waals surface area contributed by atoms with Gasteiger partial charge in [0.25, 0.3) is 0 Å². The van der Waals surface area contributed by atoms with E-state index >= 15 is 0 Å². The maximum absolute atomic E-state index is 13.2. The Morgan fingerprint density at radius 3 is 3.17 bits per heavy atom. The third-order valence-electron chi connectivity index (χ3n) is 3.90. The van der Waals surface area contributed by atoms with Gasteiger partial charge in [-0.1, -0.05) is 0 Å². The minimum Gasteiger partial charge on any atom is -0.485 e. The Morgan fingerprint density at radius 2 is 2.25 bits per heavy atom. The molecule has 0 aliphatic carbocycles. The molecule has 6 nitrogen and oxygen atoms in total. The Morgan fingerprint density at radius 1 is 1.33 bits per heavy atom. The van der Waals surface area contributed by atoms with Crippen LogP contribution in [0.5, 0.6) is 5.75 Å². The highest BCUT2D eigenvalue weighted by molar-refractivity contribution is 6.28. The van der Waals surface area contributed by atoms with Crippen molar-refractivity contribution < 1.29 is 9.13 Å². The number of benzene rings is 1. The molecule has 0 fully saturated rings. The Labute approximate surface area is 142 Å². The molecule has 0 atom stereocenters. The molecule has 0 bridgehead atoms. The van der Waals surface area contributed by atoms with Gasteiger partial charge >= 0.3 is 0 Å². The predicted octanol–water partition coefficient (Wildman–Crippen LogP) is 3.21. The number of anilines is 2. The zero-order valence-electron chi connectivity index (χ0n) is 12.7. The number of halogens is 2. The van der Waals surface area contributed by atoms with Crippen molar-refractivity contribution in [2.24, 2.45) is 0 Å². The summed E-state index contributed by atoms with van der Waals surface area (Å²) in [7, 11) is 0. The topological polar surface area (TPSA) is 74.9 Å². The van der Waals surface area contributed by atoms with Crippen molar-refractivity contribution in [3.8, 4) is 5.75 Å². The van der Waals surface area contributed by atoms with Crippen LogP contribution in [0.25, 0.3) is 10.9 Å². The van der Waals surface area contributed by atoms with Gasteiger partial charge in [0.05, 0.1) is 6.54 Å². The van der Waals surface area contributed by atoms with Crippen LogP contribution in [0, 0.1) is 5.82 Å². The van der Waals surface area contributed by atoms with Crippen LogP contribution in [0.1, 0.15) is 5.56 Å². The van der Waals surface area contributed by atoms with Gasteiger partial charge < -0.3 is 20.4 Å². The minimum atomic E-state index is -0.249. The molecule has 0 saturated heterocycles. The zero-order chi connectivity index (χ0) is 16.5. The van der Waals surface area contributed by atoms with Gasteiger partial charge in [-0.05, 0) is 41.8 Å². The fourth-order valence-electron chi connectivity index (χ4n) is 2.80. The van der Waals surface area contributed by atoms with Crippen LogP contribution in [0.3, 0.4) is 0 Å². The van der Waals surface area contributed by atoms with Gasteiger partial charge in [-0.25, -0.2) is 4.39 Å². The maximum Gasteiger partial charge on any atom is 0.226 e. The molecule has 0 radical (unpaired) electrons. The standard InChI is InChI=1S/C16H15ClFN5O/c17-16-22-14(13-15(23-16)20-5-6-24-13)19-4-3-9-8-21-12-7-10(18)1-2-11(9)12/h1-2,7-8,21H,3-6H2,(H2,19,20,22,23). The molecule has 1 aliphatic heterocycles. The average Bonchev–Trinajstić information content (AvgIpc) is 2.97. The molecule has 3 heterocycles. The van der Waals surface area contributed by atoms with Crippen LogP contribution in [0.4, 0.5) is 16.0 Å². The van der Waals surface area contributed by atoms with E-state index in [9.17, 15) is 4.39 Å². The second-order valence-electron chi connectivity index (χ2n) is 5.47. The van der Waals surface area contributed by atoms with Crippen LogP contribution in [0.2, 0.25) is 5.28 Å². The van der Waals surface area contributed by atoms with Crippen LogP contribution >= 0.6 is 11.6 Å². The molecule has 8 heteroatoms. The molecule has 3 N–H and O–H groups in total. The summed E-state index contributed by atoms with van der Waals surface area (Å²) in [6.07, 6.45) is 2.64. The second-order valence-corrected chi connectivity index (χ2v) is 5.81. The van der Waals surface area contributed by atoms with E-state index in [1.807, 2.05) is 6.20 Å². The first kappa shape index (κ1) is 15.0. The van der Waals surface area contributed by atoms with Gasteiger partial charge in [-0.2, -0.15) is 9.97 Å². The first-order valence-corrected chi connectivity index (χ1v) is 8.02. The van der Waals surface area contributed by atoms with Gasteiger partial charge in [0, 0.05) is 23.6 Å². The van der Waals surface area contributed by atoms with Crippen LogP contribution in [0.15, 0.2) is 24.4 Å². The number of H-pyrrole nitrogens is 1. The van der Waals surface area contributed by atoms with E-state index in [0.717, 1.165) is 22.9 Å². The summed E-state index contributed by atoms with van der Waals surface area (Å²) in [6, 6.07) is 4.74. The zero-order valence-corrected chi connectivity index (χ0v) is 13.5. The summed E-state index contributed by atoms with van der Waals surface area (Å²) in [5, 5.41) is 7.55. The predicted molar refractivity (Wildman–Crippen MR) is 91.5 cm³/mol. The molecule has 0 amide bonds. The third kappa shape index (κ3) is 2.82. The highest BCUT2D eigenvalue weighted by Gasteiger charge is 2.18. The van der Waals surface area contributed by atoms with Crippen molar-refractivity contribution in [2.75, 3.05) is 30.3 Å². The molecule has 0 saturated carbocycles. The molecule has 1 aliphatic rings. The van der Waals surface area contributed by atoms with Gasteiger partial charge in [-0.3, -0.25) is 0 Å². The highest BCUT2D eigenvalue weighted by atomic mass is 35.5. The number of aromatic nitrogens is 3. The fraction of sp³-hybridized carbons (Fsp3) is 0.250. The lowest BCUT2D eigenvalue weighted by molar-refractivity contribution is 0.321. The molecule has 2 aromatic heterocycles. The summed E-state index contributed by atoms with van der Waals surface area (Å²) in [5.41, 5.74) is 1.89. The molecule has 1 aromatic carbocycles. The largest absolute Gasteiger partial charge is 0.485 e. The fourth-order valence-corrected chi connectivity index (χ4v) is 2.97. The van der Waals surface area contributed by atoms with Gasteiger partial charge in [0.1, 0.15) is 12.4 Å². The monoisotopic (exact) mass is 347 g/mol. The summed E-state index contributed by atoms with van der Waals surface area (Å²) >= 11 is 5.95. The highest BCUT2D eigenvalue weighted by Crippen LogP contribution is 2.33. The van der Waals surface area contributed by atoms with E-state index in [-0.39, 0.29) is 11.1 Å². The number of aromatic amines is 1. The van der Waals surface area contributed by atoms with Crippen molar-refractivity contribution in [2.45, 2.75) is 6.42 Å². The first-order chi connectivity index (χ1) is 11.7. The molecular formula is C16H15ClFN5O. The molecule has 0 unspecified atom stereocenters. The van der Waals surface area contributed by atoms with E-state index in [4.69, 9.17) is 16.3 Å². The SMILES string of the molecule is Fc1ccc2c(CCNc3nc(Cl)nc4c3OCCN4)c[nH]c2c1. The van der Waals surface area contributed by atoms with Crippen LogP contribution < -0.4 is 15.4 Å². The maximum atomic E-state index is 13.2. The Kier molecular flexibility index (Phi) is 3.86. The molecule has 24 heavy (non-hydrogen) atoms. The number of hydrogen-bond donors (Lipinski definition) is 3. The number of nitrogens with zero attached hydrogens (tertiary/aromatic N) is 2. The van der Waals surface area contributed by atoms with Gasteiger partial charge in [-0.15, -0.1) is 0 Å². The third-order valence-corrected chi connectivity index (χ3v) is 4.06. The molecule has 124 valence electrons. The van der Waals surface area contributed by atoms with E-state index in [1.54, 1.807) is 6.07 Å². The van der Waals surface area contributed by atoms with Crippen molar-refractivity contribution >= 4 is 34.1 Å². The quantitative estimate of drug-likeness (QED) is 0.632. The normalized spacial score (nSPS) is 13.2. The number of hydrogen-bond acceptors (Lipinski definition) is 5. The number of fused-ring (bicyclic) bond motifs is 2. The summed E-state index contributed by atoms with van der Waals surface area (Å²) in [6.45, 7) is 1.87. The van der Waals surface area contributed by atoms with Crippen molar-refractivity contribution in [1.29, 1.82) is 0 Å². The summed E-state index contributed by atoms with van der Waals surface area (Å²) < 4.78 is 18.9. The lowest BCUT2D eigenvalue weighted by Crippen LogP contribution is -2.21. The summed E-state index contributed by atoms with van der Waals surface area (Å²) in [5.74, 6) is 1.52. The lowest BCUT2D eigenvalue weighted by Gasteiger charge is -2.20. The Hall–Kier alpha value is -2.54.